The Morgan fingerprint density at radius 3 is 2.12 bits per heavy atom. The van der Waals surface area contributed by atoms with Gasteiger partial charge in [0, 0.05) is 0 Å². The van der Waals surface area contributed by atoms with Gasteiger partial charge in [0.1, 0.15) is 0 Å². The van der Waals surface area contributed by atoms with E-state index in [1.54, 1.807) is 0 Å². The third kappa shape index (κ3) is 12.3. The second kappa shape index (κ2) is 13.4. The Morgan fingerprint density at radius 2 is 1.64 bits per heavy atom. The minimum atomic E-state index is -2.69. The molecule has 0 aliphatic carbocycles. The molecule has 0 radical (unpaired) electrons. The van der Waals surface area contributed by atoms with E-state index in [0.29, 0.717) is 5.54 Å². The maximum absolute atomic E-state index is 6.50. The van der Waals surface area contributed by atoms with Crippen molar-refractivity contribution in [2.45, 2.75) is 102 Å². The lowest BCUT2D eigenvalue weighted by atomic mass is 10.1. The predicted octanol–water partition coefficient (Wildman–Crippen LogP) is 8.30. The van der Waals surface area contributed by atoms with Crippen LogP contribution in [0.2, 0.25) is 37.3 Å². The fraction of sp³-hybridized carbons (Fsp3) is 0.889. The minimum absolute atomic E-state index is 0.224. The van der Waals surface area contributed by atoms with E-state index in [1.807, 2.05) is 0 Å². The van der Waals surface area contributed by atoms with Crippen LogP contribution in [0.5, 0.6) is 0 Å². The van der Waals surface area contributed by atoms with Crippen LogP contribution in [0.1, 0.15) is 65.2 Å². The van der Waals surface area contributed by atoms with Gasteiger partial charge in [-0.2, -0.15) is 0 Å². The molecule has 7 heteroatoms. The number of halogens is 3. The summed E-state index contributed by atoms with van der Waals surface area (Å²) >= 11 is 19.3. The fourth-order valence-electron chi connectivity index (χ4n) is 3.31. The molecule has 0 fully saturated rings. The van der Waals surface area contributed by atoms with Gasteiger partial charge in [-0.1, -0.05) is 51.7 Å². The molecule has 0 bridgehead atoms. The van der Waals surface area contributed by atoms with Crippen LogP contribution in [0.4, 0.5) is 0 Å². The topological polar surface area (TPSA) is 9.23 Å². The van der Waals surface area contributed by atoms with E-state index in [9.17, 15) is 0 Å². The van der Waals surface area contributed by atoms with Gasteiger partial charge in [-0.25, -0.2) is 0 Å². The van der Waals surface area contributed by atoms with Crippen molar-refractivity contribution < 1.29 is 4.12 Å². The number of allylic oxidation sites excluding steroid dienone is 2. The number of hydrogen-bond acceptors (Lipinski definition) is 1. The average molecular weight is 462 g/mol. The molecule has 0 spiro atoms. The summed E-state index contributed by atoms with van der Waals surface area (Å²) < 4.78 is 6.50. The Hall–Kier alpha value is 1.22. The maximum Gasteiger partial charge on any atom is 0.344 e. The Morgan fingerprint density at radius 1 is 1.00 bits per heavy atom. The molecular weight excluding hydrogens is 423 g/mol. The van der Waals surface area contributed by atoms with Crippen molar-refractivity contribution in [3.63, 3.8) is 0 Å². The van der Waals surface area contributed by atoms with Gasteiger partial charge in [-0.3, -0.25) is 0 Å². The quantitative estimate of drug-likeness (QED) is 0.109. The maximum atomic E-state index is 6.50. The molecule has 0 aliphatic heterocycles. The molecule has 2 unspecified atom stereocenters. The van der Waals surface area contributed by atoms with Crippen LogP contribution in [-0.4, -0.2) is 23.4 Å². The zero-order chi connectivity index (χ0) is 19.5. The van der Waals surface area contributed by atoms with Crippen molar-refractivity contribution in [2.75, 3.05) is 0 Å². The molecule has 0 aromatic heterocycles. The van der Waals surface area contributed by atoms with E-state index < -0.39 is 23.4 Å². The predicted molar refractivity (Wildman–Crippen MR) is 126 cm³/mol. The van der Waals surface area contributed by atoms with Crippen molar-refractivity contribution in [1.29, 1.82) is 0 Å². The molecule has 150 valence electrons. The lowest BCUT2D eigenvalue weighted by Crippen LogP contribution is -2.41. The third-order valence-electron chi connectivity index (χ3n) is 4.66. The number of hydrogen-bond donors (Lipinski definition) is 0. The first-order chi connectivity index (χ1) is 11.5. The first-order valence-corrected chi connectivity index (χ1v) is 20.8. The molecule has 0 rings (SSSR count). The molecule has 0 heterocycles. The molecule has 25 heavy (non-hydrogen) atoms. The highest BCUT2D eigenvalue weighted by Gasteiger charge is 2.41. The monoisotopic (exact) mass is 460 g/mol. The molecule has 0 N–H and O–H groups in total. The average Bonchev–Trinajstić information content (AvgIpc) is 2.46. The highest BCUT2D eigenvalue weighted by Crippen LogP contribution is 2.45. The summed E-state index contributed by atoms with van der Waals surface area (Å²) in [6.45, 7) is 13.6. The summed E-state index contributed by atoms with van der Waals surface area (Å²) in [7, 11) is -2.89. The van der Waals surface area contributed by atoms with Crippen molar-refractivity contribution in [1.82, 2.24) is 0 Å². The van der Waals surface area contributed by atoms with Crippen LogP contribution in [0, 0.1) is 0 Å². The van der Waals surface area contributed by atoms with Crippen LogP contribution >= 0.6 is 33.2 Å². The zero-order valence-corrected chi connectivity index (χ0v) is 22.5. The van der Waals surface area contributed by atoms with Gasteiger partial charge in [0.15, 0.2) is 17.4 Å². The summed E-state index contributed by atoms with van der Waals surface area (Å²) in [5.41, 5.74) is 0.662. The summed E-state index contributed by atoms with van der Waals surface area (Å²) in [6, 6.07) is -2.69. The van der Waals surface area contributed by atoms with Crippen LogP contribution < -0.4 is 0 Å². The summed E-state index contributed by atoms with van der Waals surface area (Å²) in [5.74, 6) is 0. The highest BCUT2D eigenvalue weighted by atomic mass is 35.8. The van der Waals surface area contributed by atoms with E-state index in [1.165, 1.54) is 25.7 Å². The smallest absolute Gasteiger partial charge is 0.344 e. The van der Waals surface area contributed by atoms with Gasteiger partial charge < -0.3 is 4.12 Å². The summed E-state index contributed by atoms with van der Waals surface area (Å²) in [5, 5.41) is 0. The van der Waals surface area contributed by atoms with Gasteiger partial charge in [-0.15, -0.1) is 33.2 Å². The molecule has 0 aromatic carbocycles. The third-order valence-corrected chi connectivity index (χ3v) is 15.4. The highest BCUT2D eigenvalue weighted by molar-refractivity contribution is 7.65. The SMILES string of the molecule is CCCCCCC=CC(CC(CCC)[Si](Cl)(Cl)Cl)[Si](C)(C)O[SiH](C)C. The second-order valence-electron chi connectivity index (χ2n) is 7.92. The van der Waals surface area contributed by atoms with Crippen molar-refractivity contribution in [2.24, 2.45) is 0 Å². The zero-order valence-electron chi connectivity index (χ0n) is 17.1. The van der Waals surface area contributed by atoms with Crippen LogP contribution in [0.15, 0.2) is 12.2 Å². The first kappa shape index (κ1) is 26.2. The normalized spacial score (nSPS) is 15.9. The molecule has 0 saturated carbocycles. The Balaban J connectivity index is 5.08. The van der Waals surface area contributed by atoms with E-state index in [4.69, 9.17) is 37.4 Å². The summed E-state index contributed by atoms with van der Waals surface area (Å²) in [4.78, 5) is 0. The van der Waals surface area contributed by atoms with Crippen LogP contribution in [0.3, 0.4) is 0 Å². The Kier molecular flexibility index (Phi) is 14.1. The van der Waals surface area contributed by atoms with Crippen molar-refractivity contribution >= 4 is 56.6 Å². The molecule has 0 saturated heterocycles. The largest absolute Gasteiger partial charge is 0.458 e. The fourth-order valence-corrected chi connectivity index (χ4v) is 13.5. The van der Waals surface area contributed by atoms with E-state index in [0.717, 1.165) is 25.7 Å². The van der Waals surface area contributed by atoms with E-state index in [-0.39, 0.29) is 5.54 Å². The molecule has 0 aliphatic rings. The molecule has 0 amide bonds. The minimum Gasteiger partial charge on any atom is -0.458 e. The van der Waals surface area contributed by atoms with Crippen LogP contribution in [0.25, 0.3) is 0 Å². The summed E-state index contributed by atoms with van der Waals surface area (Å²) in [6.07, 6.45) is 14.2. The molecule has 2 atom stereocenters. The van der Waals surface area contributed by atoms with Crippen molar-refractivity contribution in [3.8, 4) is 0 Å². The lowest BCUT2D eigenvalue weighted by Gasteiger charge is -2.36. The van der Waals surface area contributed by atoms with Gasteiger partial charge in [0.05, 0.1) is 0 Å². The first-order valence-electron chi connectivity index (χ1n) is 9.95. The van der Waals surface area contributed by atoms with Gasteiger partial charge in [-0.05, 0) is 63.0 Å². The van der Waals surface area contributed by atoms with Gasteiger partial charge in [0.2, 0.25) is 0 Å². The Bertz CT molecular complexity index is 371. The number of unbranched alkanes of at least 4 members (excludes halogenated alkanes) is 4. The van der Waals surface area contributed by atoms with Crippen LogP contribution in [-0.2, 0) is 4.12 Å². The molecule has 1 nitrogen and oxygen atoms in total. The lowest BCUT2D eigenvalue weighted by molar-refractivity contribution is 0.537. The standard InChI is InChI=1S/C18H39Cl3OSi3/c1-7-9-10-11-12-13-15-17(24(5,6)22-23(3)4)16-18(14-8-2)25(19,20)21/h13,15,17-18,23H,7-12,14,16H2,1-6H3. The van der Waals surface area contributed by atoms with Crippen molar-refractivity contribution in [3.05, 3.63) is 12.2 Å². The van der Waals surface area contributed by atoms with E-state index in [2.05, 4.69) is 52.2 Å². The second-order valence-corrected chi connectivity index (χ2v) is 23.9. The van der Waals surface area contributed by atoms with E-state index >= 15 is 0 Å². The van der Waals surface area contributed by atoms with Gasteiger partial charge >= 0.3 is 6.00 Å². The molecular formula is C18H39Cl3OSi3. The van der Waals surface area contributed by atoms with Gasteiger partial charge in [0.25, 0.3) is 0 Å². The molecule has 0 aromatic rings. The number of rotatable bonds is 14. The Labute approximate surface area is 174 Å².